The van der Waals surface area contributed by atoms with Gasteiger partial charge in [0.05, 0.1) is 18.9 Å². The molecule has 10 nitrogen and oxygen atoms in total. The fraction of sp³-hybridized carbons (Fsp3) is 0.429. The Balaban J connectivity index is 0.000000426. The minimum Gasteiger partial charge on any atom is -0.475 e. The minimum absolute atomic E-state index is 0.0484. The van der Waals surface area contributed by atoms with Crippen LogP contribution in [0.25, 0.3) is 0 Å². The van der Waals surface area contributed by atoms with E-state index in [2.05, 4.69) is 5.10 Å². The first-order chi connectivity index (χ1) is 17.5. The van der Waals surface area contributed by atoms with Crippen LogP contribution >= 0.6 is 0 Å². The Morgan fingerprint density at radius 3 is 1.84 bits per heavy atom. The molecule has 1 aliphatic heterocycles. The number of morpholine rings is 1. The van der Waals surface area contributed by atoms with E-state index < -0.39 is 30.4 Å². The lowest BCUT2D eigenvalue weighted by Crippen LogP contribution is -2.42. The molecule has 0 aliphatic carbocycles. The maximum absolute atomic E-state index is 13.2. The number of benzene rings is 1. The van der Waals surface area contributed by atoms with E-state index >= 15 is 0 Å². The van der Waals surface area contributed by atoms with Crippen LogP contribution in [0.1, 0.15) is 17.4 Å². The summed E-state index contributed by atoms with van der Waals surface area (Å²) in [5.41, 5.74) is 1.58. The lowest BCUT2D eigenvalue weighted by Gasteiger charge is -2.27. The van der Waals surface area contributed by atoms with Crippen LogP contribution in [0.2, 0.25) is 0 Å². The van der Waals surface area contributed by atoms with Crippen molar-refractivity contribution in [1.29, 1.82) is 0 Å². The zero-order valence-corrected chi connectivity index (χ0v) is 19.5. The van der Waals surface area contributed by atoms with Crippen molar-refractivity contribution in [2.24, 2.45) is 7.05 Å². The highest BCUT2D eigenvalue weighted by molar-refractivity contribution is 5.77. The van der Waals surface area contributed by atoms with Gasteiger partial charge in [0, 0.05) is 26.3 Å². The summed E-state index contributed by atoms with van der Waals surface area (Å²) >= 11 is 0. The maximum atomic E-state index is 13.2. The molecule has 1 saturated heterocycles. The van der Waals surface area contributed by atoms with Crippen LogP contribution in [0, 0.1) is 5.82 Å². The van der Waals surface area contributed by atoms with E-state index in [0.29, 0.717) is 26.3 Å². The number of carboxylic acid groups (broad SMARTS) is 2. The van der Waals surface area contributed by atoms with Gasteiger partial charge in [-0.2, -0.15) is 31.4 Å². The molecule has 212 valence electrons. The second-order valence-electron chi connectivity index (χ2n) is 7.22. The van der Waals surface area contributed by atoms with Gasteiger partial charge in [0.1, 0.15) is 18.5 Å². The van der Waals surface area contributed by atoms with Crippen molar-refractivity contribution in [2.75, 3.05) is 32.9 Å². The summed E-state index contributed by atoms with van der Waals surface area (Å²) in [5.74, 6) is -5.90. The van der Waals surface area contributed by atoms with Crippen molar-refractivity contribution in [3.05, 3.63) is 53.6 Å². The highest BCUT2D eigenvalue weighted by Crippen LogP contribution is 2.26. The summed E-state index contributed by atoms with van der Waals surface area (Å²) in [7, 11) is 1.80. The van der Waals surface area contributed by atoms with Gasteiger partial charge < -0.3 is 24.6 Å². The quantitative estimate of drug-likeness (QED) is 0.533. The molecule has 2 N–H and O–H groups in total. The van der Waals surface area contributed by atoms with Gasteiger partial charge in [-0.15, -0.1) is 0 Å². The summed E-state index contributed by atoms with van der Waals surface area (Å²) in [6.45, 7) is 2.21. The van der Waals surface area contributed by atoms with E-state index in [4.69, 9.17) is 29.3 Å². The lowest BCUT2D eigenvalue weighted by molar-refractivity contribution is -0.193. The van der Waals surface area contributed by atoms with Crippen molar-refractivity contribution in [1.82, 2.24) is 14.7 Å². The monoisotopic (exact) mass is 561 g/mol. The van der Waals surface area contributed by atoms with Gasteiger partial charge in [0.2, 0.25) is 5.91 Å². The number of alkyl halides is 6. The van der Waals surface area contributed by atoms with Crippen LogP contribution in [-0.4, -0.2) is 88.0 Å². The molecule has 0 spiro atoms. The molecule has 38 heavy (non-hydrogen) atoms. The summed E-state index contributed by atoms with van der Waals surface area (Å²) in [6, 6.07) is 7.91. The minimum atomic E-state index is -5.08. The van der Waals surface area contributed by atoms with Gasteiger partial charge in [0.25, 0.3) is 0 Å². The Hall–Kier alpha value is -3.73. The number of aliphatic carboxylic acids is 2. The van der Waals surface area contributed by atoms with E-state index in [1.165, 1.54) is 12.1 Å². The molecule has 2 aromatic rings. The van der Waals surface area contributed by atoms with E-state index in [1.807, 2.05) is 6.07 Å². The van der Waals surface area contributed by atoms with Gasteiger partial charge in [0.15, 0.2) is 0 Å². The number of carbonyl (C=O) groups is 3. The fourth-order valence-corrected chi connectivity index (χ4v) is 2.69. The van der Waals surface area contributed by atoms with Crippen molar-refractivity contribution >= 4 is 17.8 Å². The molecular formula is C21H22F7N3O7. The van der Waals surface area contributed by atoms with E-state index in [-0.39, 0.29) is 18.3 Å². The van der Waals surface area contributed by atoms with Gasteiger partial charge >= 0.3 is 24.3 Å². The van der Waals surface area contributed by atoms with E-state index in [0.717, 1.165) is 11.3 Å². The molecule has 3 rings (SSSR count). The third-order valence-electron chi connectivity index (χ3n) is 4.52. The van der Waals surface area contributed by atoms with Crippen LogP contribution in [0.5, 0.6) is 0 Å². The Kier molecular flexibility index (Phi) is 12.1. The van der Waals surface area contributed by atoms with Gasteiger partial charge in [-0.05, 0) is 23.8 Å². The number of rotatable bonds is 5. The standard InChI is InChI=1S/C17H20FN3O3.2C2HF3O2/c1-20-15(6-7-19-20)17(13-2-4-14(18)5-3-13)24-12-16(22)21-8-10-23-11-9-21;2*3-2(4,5)1(6)7/h2-7,17H,8-12H2,1H3;2*(H,6,7). The highest BCUT2D eigenvalue weighted by Gasteiger charge is 2.38. The van der Waals surface area contributed by atoms with E-state index in [1.54, 1.807) is 35.0 Å². The van der Waals surface area contributed by atoms with E-state index in [9.17, 15) is 35.5 Å². The number of nitrogens with zero attached hydrogens (tertiary/aromatic N) is 3. The first kappa shape index (κ1) is 32.3. The van der Waals surface area contributed by atoms with Gasteiger partial charge in [-0.1, -0.05) is 12.1 Å². The van der Waals surface area contributed by atoms with Crippen LogP contribution in [0.3, 0.4) is 0 Å². The predicted octanol–water partition coefficient (Wildman–Crippen LogP) is 2.79. The largest absolute Gasteiger partial charge is 0.490 e. The van der Waals surface area contributed by atoms with Crippen LogP contribution in [0.15, 0.2) is 36.5 Å². The molecule has 17 heteroatoms. The van der Waals surface area contributed by atoms with Crippen molar-refractivity contribution in [3.8, 4) is 0 Å². The lowest BCUT2D eigenvalue weighted by atomic mass is 10.1. The molecule has 0 bridgehead atoms. The topological polar surface area (TPSA) is 131 Å². The molecule has 1 fully saturated rings. The molecule has 2 heterocycles. The molecule has 1 atom stereocenters. The second-order valence-corrected chi connectivity index (χ2v) is 7.22. The van der Waals surface area contributed by atoms with Crippen LogP contribution in [0.4, 0.5) is 30.7 Å². The average molecular weight is 561 g/mol. The fourth-order valence-electron chi connectivity index (χ4n) is 2.69. The number of aromatic nitrogens is 2. The Morgan fingerprint density at radius 2 is 1.45 bits per heavy atom. The number of amides is 1. The second kappa shape index (κ2) is 14.3. The summed E-state index contributed by atoms with van der Waals surface area (Å²) in [5, 5.41) is 18.4. The molecule has 1 aliphatic rings. The average Bonchev–Trinajstić information content (AvgIpc) is 3.26. The van der Waals surface area contributed by atoms with Crippen molar-refractivity contribution < 1.29 is 64.8 Å². The molecular weight excluding hydrogens is 539 g/mol. The third kappa shape index (κ3) is 11.1. The van der Waals surface area contributed by atoms with Crippen molar-refractivity contribution in [2.45, 2.75) is 18.5 Å². The highest BCUT2D eigenvalue weighted by atomic mass is 19.4. The molecule has 1 amide bonds. The number of hydrogen-bond acceptors (Lipinski definition) is 6. The number of carbonyl (C=O) groups excluding carboxylic acids is 1. The van der Waals surface area contributed by atoms with Crippen LogP contribution in [-0.2, 0) is 30.9 Å². The van der Waals surface area contributed by atoms with Gasteiger partial charge in [-0.3, -0.25) is 9.48 Å². The SMILES string of the molecule is Cn1nccc1C(OCC(=O)N1CCOCC1)c1ccc(F)cc1.O=C(O)C(F)(F)F.O=C(O)C(F)(F)F. The summed E-state index contributed by atoms with van der Waals surface area (Å²) < 4.78 is 89.5. The number of ether oxygens (including phenoxy) is 2. The molecule has 0 saturated carbocycles. The Labute approximate surface area is 210 Å². The Bertz CT molecular complexity index is 1030. The van der Waals surface area contributed by atoms with Crippen molar-refractivity contribution in [3.63, 3.8) is 0 Å². The number of aryl methyl sites for hydroxylation is 1. The number of hydrogen-bond donors (Lipinski definition) is 2. The molecule has 1 aromatic carbocycles. The zero-order chi connectivity index (χ0) is 29.1. The maximum Gasteiger partial charge on any atom is 0.490 e. The normalized spacial score (nSPS) is 14.4. The predicted molar refractivity (Wildman–Crippen MR) is 112 cm³/mol. The summed E-state index contributed by atoms with van der Waals surface area (Å²) in [4.78, 5) is 31.8. The first-order valence-electron chi connectivity index (χ1n) is 10.3. The summed E-state index contributed by atoms with van der Waals surface area (Å²) in [6.07, 6.45) is -8.98. The van der Waals surface area contributed by atoms with Crippen LogP contribution < -0.4 is 0 Å². The van der Waals surface area contributed by atoms with Gasteiger partial charge in [-0.25, -0.2) is 14.0 Å². The number of halogens is 7. The Morgan fingerprint density at radius 1 is 0.974 bits per heavy atom. The zero-order valence-electron chi connectivity index (χ0n) is 19.5. The molecule has 1 unspecified atom stereocenters. The molecule has 1 aromatic heterocycles. The first-order valence-corrected chi connectivity index (χ1v) is 10.3. The smallest absolute Gasteiger partial charge is 0.475 e. The number of carboxylic acids is 2. The molecule has 0 radical (unpaired) electrons. The third-order valence-corrected chi connectivity index (χ3v) is 4.52.